The number of nitriles is 1. The maximum atomic E-state index is 13.8. The third-order valence-corrected chi connectivity index (χ3v) is 8.30. The van der Waals surface area contributed by atoms with Gasteiger partial charge in [0, 0.05) is 42.8 Å². The fraction of sp³-hybridized carbons (Fsp3) is 0.400. The molecule has 11 nitrogen and oxygen atoms in total. The van der Waals surface area contributed by atoms with Crippen LogP contribution in [-0.4, -0.2) is 92.8 Å². The fourth-order valence-electron chi connectivity index (χ4n) is 6.03. The number of ether oxygens (including phenoxy) is 1. The number of rotatable bonds is 7. The van der Waals surface area contributed by atoms with Gasteiger partial charge in [0.2, 0.25) is 0 Å². The lowest BCUT2D eigenvalue weighted by atomic mass is 9.98. The van der Waals surface area contributed by atoms with E-state index in [1.807, 2.05) is 36.2 Å². The van der Waals surface area contributed by atoms with Crippen LogP contribution in [0.5, 0.6) is 6.01 Å². The molecule has 0 radical (unpaired) electrons. The van der Waals surface area contributed by atoms with Crippen LogP contribution in [0.15, 0.2) is 43.0 Å². The van der Waals surface area contributed by atoms with E-state index >= 15 is 0 Å². The zero-order valence-corrected chi connectivity index (χ0v) is 23.7. The number of carbonyl (C=O) groups excluding carboxylic acids is 1. The average Bonchev–Trinajstić information content (AvgIpc) is 3.63. The topological polar surface area (TPSA) is 127 Å². The number of anilines is 1. The smallest absolute Gasteiger partial charge is 0.319 e. The Kier molecular flexibility index (Phi) is 7.43. The number of pyridine rings is 1. The van der Waals surface area contributed by atoms with Gasteiger partial charge in [-0.15, -0.1) is 0 Å². The lowest BCUT2D eigenvalue weighted by Crippen LogP contribution is -2.55. The first-order valence-corrected chi connectivity index (χ1v) is 14.0. The normalized spacial score (nSPS) is 19.4. The largest absolute Gasteiger partial charge is 0.462 e. The van der Waals surface area contributed by atoms with Gasteiger partial charge in [-0.3, -0.25) is 14.9 Å². The Balaban J connectivity index is 1.41. The molecule has 5 heterocycles. The summed E-state index contributed by atoms with van der Waals surface area (Å²) in [7, 11) is 2.09. The highest BCUT2D eigenvalue weighted by Crippen LogP contribution is 2.34. The minimum atomic E-state index is -1.04. The van der Waals surface area contributed by atoms with Gasteiger partial charge in [0.05, 0.1) is 35.8 Å². The van der Waals surface area contributed by atoms with Crippen LogP contribution >= 0.6 is 0 Å². The molecule has 42 heavy (non-hydrogen) atoms. The third-order valence-electron chi connectivity index (χ3n) is 8.30. The molecule has 6 rings (SSSR count). The summed E-state index contributed by atoms with van der Waals surface area (Å²) in [5.74, 6) is -1.28. The number of hydrogen-bond acceptors (Lipinski definition) is 9. The second-order valence-electron chi connectivity index (χ2n) is 11.0. The molecule has 1 unspecified atom stereocenters. The molecule has 0 bridgehead atoms. The van der Waals surface area contributed by atoms with E-state index in [9.17, 15) is 14.4 Å². The van der Waals surface area contributed by atoms with Crippen LogP contribution < -0.4 is 9.64 Å². The Morgan fingerprint density at radius 2 is 2.10 bits per heavy atom. The van der Waals surface area contributed by atoms with Gasteiger partial charge in [0.15, 0.2) is 11.6 Å². The third kappa shape index (κ3) is 5.12. The van der Waals surface area contributed by atoms with Crippen molar-refractivity contribution in [1.82, 2.24) is 34.9 Å². The molecule has 1 aromatic carbocycles. The summed E-state index contributed by atoms with van der Waals surface area (Å²) >= 11 is 0. The van der Waals surface area contributed by atoms with E-state index in [2.05, 4.69) is 34.8 Å². The first kappa shape index (κ1) is 27.5. The molecule has 0 aliphatic carbocycles. The maximum absolute atomic E-state index is 13.8. The molecule has 216 valence electrons. The SMILES string of the molecule is C=C(F)C(=O)N1CCN(c2nc(OCC3CCCN3C)nc3cc(-c4c(C)ccc5[nH]ncc45)cnc23)C[C@@H]1CC#N. The fourth-order valence-corrected chi connectivity index (χ4v) is 6.03. The van der Waals surface area contributed by atoms with Crippen molar-refractivity contribution in [3.63, 3.8) is 0 Å². The summed E-state index contributed by atoms with van der Waals surface area (Å²) in [5, 5.41) is 17.7. The lowest BCUT2D eigenvalue weighted by Gasteiger charge is -2.41. The highest BCUT2D eigenvalue weighted by molar-refractivity contribution is 5.98. The van der Waals surface area contributed by atoms with Gasteiger partial charge in [-0.05, 0) is 56.6 Å². The maximum Gasteiger partial charge on any atom is 0.319 e. The number of hydrogen-bond donors (Lipinski definition) is 1. The standard InChI is InChI=1S/C30H32FN9O2/c1-18-6-7-24-23(15-34-37-24)26(18)20-13-25-27(33-14-20)28(36-30(35-25)42-17-22-5-4-10-38(22)3)39-11-12-40(29(41)19(2)31)21(16-39)8-9-32/h6-7,13-15,21-22H,2,4-5,8,10-12,16-17H2,1,3H3,(H,34,37)/t21-,22?/m0/s1. The highest BCUT2D eigenvalue weighted by atomic mass is 19.1. The quantitative estimate of drug-likeness (QED) is 0.331. The number of aromatic nitrogens is 5. The highest BCUT2D eigenvalue weighted by Gasteiger charge is 2.33. The van der Waals surface area contributed by atoms with Crippen molar-refractivity contribution in [3.8, 4) is 23.2 Å². The molecule has 12 heteroatoms. The number of H-pyrrole nitrogens is 1. The van der Waals surface area contributed by atoms with Crippen molar-refractivity contribution < 1.29 is 13.9 Å². The van der Waals surface area contributed by atoms with Gasteiger partial charge in [-0.2, -0.15) is 20.3 Å². The predicted octanol–water partition coefficient (Wildman–Crippen LogP) is 3.76. The van der Waals surface area contributed by atoms with Crippen LogP contribution in [0.4, 0.5) is 10.2 Å². The molecule has 0 spiro atoms. The molecule has 4 aromatic rings. The van der Waals surface area contributed by atoms with Gasteiger partial charge in [0.25, 0.3) is 5.91 Å². The second-order valence-corrected chi connectivity index (χ2v) is 11.0. The van der Waals surface area contributed by atoms with E-state index in [-0.39, 0.29) is 31.6 Å². The van der Waals surface area contributed by atoms with Gasteiger partial charge in [-0.1, -0.05) is 12.6 Å². The number of carbonyl (C=O) groups is 1. The van der Waals surface area contributed by atoms with E-state index in [4.69, 9.17) is 19.7 Å². The van der Waals surface area contributed by atoms with Crippen molar-refractivity contribution in [3.05, 3.63) is 48.6 Å². The van der Waals surface area contributed by atoms with E-state index in [0.29, 0.717) is 30.0 Å². The van der Waals surface area contributed by atoms with Gasteiger partial charge >= 0.3 is 6.01 Å². The average molecular weight is 570 g/mol. The Hall–Kier alpha value is -4.63. The molecular weight excluding hydrogens is 537 g/mol. The van der Waals surface area contributed by atoms with Crippen LogP contribution in [0, 0.1) is 18.3 Å². The Labute approximate surface area is 242 Å². The van der Waals surface area contributed by atoms with Crippen LogP contribution in [-0.2, 0) is 4.79 Å². The van der Waals surface area contributed by atoms with Crippen molar-refractivity contribution >= 4 is 33.7 Å². The number of fused-ring (bicyclic) bond motifs is 2. The summed E-state index contributed by atoms with van der Waals surface area (Å²) < 4.78 is 19.9. The lowest BCUT2D eigenvalue weighted by molar-refractivity contribution is -0.131. The molecule has 1 amide bonds. The van der Waals surface area contributed by atoms with Crippen molar-refractivity contribution in [2.75, 3.05) is 44.7 Å². The van der Waals surface area contributed by atoms with Crippen LogP contribution in [0.1, 0.15) is 24.8 Å². The van der Waals surface area contributed by atoms with Crippen LogP contribution in [0.25, 0.3) is 33.1 Å². The number of aromatic amines is 1. The van der Waals surface area contributed by atoms with Gasteiger partial charge in [0.1, 0.15) is 12.1 Å². The predicted molar refractivity (Wildman–Crippen MR) is 156 cm³/mol. The number of amides is 1. The van der Waals surface area contributed by atoms with Gasteiger partial charge < -0.3 is 19.4 Å². The Morgan fingerprint density at radius 3 is 2.86 bits per heavy atom. The number of likely N-dealkylation sites (tertiary alicyclic amines) is 1. The number of benzene rings is 1. The van der Waals surface area contributed by atoms with E-state index in [0.717, 1.165) is 47.0 Å². The first-order valence-electron chi connectivity index (χ1n) is 14.0. The number of nitrogens with zero attached hydrogens (tertiary/aromatic N) is 8. The number of piperazine rings is 1. The molecule has 2 saturated heterocycles. The number of nitrogens with one attached hydrogen (secondary N) is 1. The molecular formula is C30H32FN9O2. The zero-order chi connectivity index (χ0) is 29.4. The minimum absolute atomic E-state index is 0.0431. The van der Waals surface area contributed by atoms with Crippen molar-refractivity contribution in [1.29, 1.82) is 5.26 Å². The van der Waals surface area contributed by atoms with Crippen LogP contribution in [0.3, 0.4) is 0 Å². The summed E-state index contributed by atoms with van der Waals surface area (Å²) in [6.45, 7) is 7.55. The summed E-state index contributed by atoms with van der Waals surface area (Å²) in [6.07, 6.45) is 5.82. The molecule has 3 aromatic heterocycles. The molecule has 1 N–H and O–H groups in total. The minimum Gasteiger partial charge on any atom is -0.462 e. The van der Waals surface area contributed by atoms with Crippen molar-refractivity contribution in [2.45, 2.75) is 38.3 Å². The van der Waals surface area contributed by atoms with E-state index in [1.54, 1.807) is 6.20 Å². The molecule has 0 saturated carbocycles. The van der Waals surface area contributed by atoms with E-state index in [1.165, 1.54) is 4.90 Å². The molecule has 2 aliphatic heterocycles. The zero-order valence-electron chi connectivity index (χ0n) is 23.7. The molecule has 2 fully saturated rings. The van der Waals surface area contributed by atoms with Gasteiger partial charge in [-0.25, -0.2) is 4.39 Å². The molecule has 2 aliphatic rings. The van der Waals surface area contributed by atoms with Crippen molar-refractivity contribution in [2.24, 2.45) is 0 Å². The summed E-state index contributed by atoms with van der Waals surface area (Å²) in [6, 6.07) is 8.13. The summed E-state index contributed by atoms with van der Waals surface area (Å²) in [5.41, 5.74) is 5.09. The second kappa shape index (κ2) is 11.3. The Morgan fingerprint density at radius 1 is 1.24 bits per heavy atom. The van der Waals surface area contributed by atoms with Crippen LogP contribution in [0.2, 0.25) is 0 Å². The number of halogens is 1. The first-order chi connectivity index (χ1) is 20.3. The molecule has 2 atom stereocenters. The number of likely N-dealkylation sites (N-methyl/N-ethyl adjacent to an activating group) is 1. The summed E-state index contributed by atoms with van der Waals surface area (Å²) in [4.78, 5) is 32.5. The Bertz CT molecular complexity index is 1710. The monoisotopic (exact) mass is 569 g/mol. The number of aryl methyl sites for hydroxylation is 1. The van der Waals surface area contributed by atoms with E-state index < -0.39 is 17.8 Å².